The van der Waals surface area contributed by atoms with Gasteiger partial charge in [0.15, 0.2) is 0 Å². The Hall–Kier alpha value is -2.58. The van der Waals surface area contributed by atoms with Crippen LogP contribution in [0.3, 0.4) is 0 Å². The summed E-state index contributed by atoms with van der Waals surface area (Å²) in [6.07, 6.45) is 5.20. The quantitative estimate of drug-likeness (QED) is 0.602. The van der Waals surface area contributed by atoms with Gasteiger partial charge in [0.1, 0.15) is 11.5 Å². The van der Waals surface area contributed by atoms with Crippen LogP contribution in [0.1, 0.15) is 55.6 Å². The van der Waals surface area contributed by atoms with Crippen molar-refractivity contribution < 1.29 is 13.9 Å². The third-order valence-electron chi connectivity index (χ3n) is 7.88. The molecule has 1 aromatic heterocycles. The molecule has 3 unspecified atom stereocenters. The van der Waals surface area contributed by atoms with Crippen LogP contribution < -0.4 is 4.90 Å². The number of halogens is 1. The number of hydrogen-bond acceptors (Lipinski definition) is 5. The van der Waals surface area contributed by atoms with E-state index in [0.29, 0.717) is 32.0 Å². The Bertz CT molecular complexity index is 1140. The van der Waals surface area contributed by atoms with E-state index in [4.69, 9.17) is 9.73 Å². The van der Waals surface area contributed by atoms with Crippen molar-refractivity contribution in [3.63, 3.8) is 0 Å². The fourth-order valence-electron chi connectivity index (χ4n) is 5.52. The first-order valence-corrected chi connectivity index (χ1v) is 12.9. The van der Waals surface area contributed by atoms with Gasteiger partial charge in [-0.05, 0) is 69.1 Å². The van der Waals surface area contributed by atoms with Gasteiger partial charge in [-0.3, -0.25) is 19.8 Å². The van der Waals surface area contributed by atoms with Gasteiger partial charge in [-0.25, -0.2) is 4.39 Å². The van der Waals surface area contributed by atoms with E-state index >= 15 is 4.39 Å². The molecule has 3 atom stereocenters. The zero-order chi connectivity index (χ0) is 24.7. The Labute approximate surface area is 206 Å². The summed E-state index contributed by atoms with van der Waals surface area (Å²) in [5.41, 5.74) is 6.13. The number of aliphatic imine (C=N–C) groups is 1. The number of benzene rings is 1. The Morgan fingerprint density at radius 1 is 1.31 bits per heavy atom. The molecule has 1 N–H and O–H groups in total. The van der Waals surface area contributed by atoms with Crippen LogP contribution in [0.4, 0.5) is 15.8 Å². The van der Waals surface area contributed by atoms with E-state index in [9.17, 15) is 4.79 Å². The number of likely N-dealkylation sites (N-methyl/N-ethyl adjacent to an activating group) is 1. The van der Waals surface area contributed by atoms with E-state index in [-0.39, 0.29) is 17.6 Å². The number of nitrogens with zero attached hydrogens (tertiary/aromatic N) is 4. The first-order chi connectivity index (χ1) is 16.9. The van der Waals surface area contributed by atoms with Gasteiger partial charge in [-0.15, -0.1) is 0 Å². The number of aromatic amines is 1. The normalized spacial score (nSPS) is 22.9. The van der Waals surface area contributed by atoms with Crippen LogP contribution in [-0.2, 0) is 22.4 Å². The predicted molar refractivity (Wildman–Crippen MR) is 135 cm³/mol. The molecule has 8 heteroatoms. The van der Waals surface area contributed by atoms with Crippen LogP contribution in [0.2, 0.25) is 0 Å². The second-order valence-corrected chi connectivity index (χ2v) is 10.3. The number of rotatable bonds is 7. The fraction of sp³-hybridized carbons (Fsp3) is 0.593. The van der Waals surface area contributed by atoms with Gasteiger partial charge in [0.25, 0.3) is 0 Å². The second kappa shape index (κ2) is 9.82. The third kappa shape index (κ3) is 4.78. The fourth-order valence-corrected chi connectivity index (χ4v) is 5.52. The Balaban J connectivity index is 1.45. The highest BCUT2D eigenvalue weighted by molar-refractivity contribution is 6.02. The number of amides is 1. The molecule has 2 aromatic rings. The van der Waals surface area contributed by atoms with Crippen molar-refractivity contribution in [2.24, 2.45) is 16.8 Å². The molecule has 0 radical (unpaired) electrons. The molecule has 1 aromatic carbocycles. The average molecular weight is 482 g/mol. The summed E-state index contributed by atoms with van der Waals surface area (Å²) >= 11 is 0. The van der Waals surface area contributed by atoms with Crippen LogP contribution in [0, 0.1) is 24.6 Å². The van der Waals surface area contributed by atoms with Gasteiger partial charge in [0, 0.05) is 31.4 Å². The maximum atomic E-state index is 15.1. The molecule has 1 saturated heterocycles. The number of morpholine rings is 1. The lowest BCUT2D eigenvalue weighted by Gasteiger charge is -2.33. The van der Waals surface area contributed by atoms with E-state index < -0.39 is 5.82 Å². The molecule has 2 fully saturated rings. The zero-order valence-electron chi connectivity index (χ0n) is 21.2. The lowest BCUT2D eigenvalue weighted by molar-refractivity contribution is -0.124. The summed E-state index contributed by atoms with van der Waals surface area (Å²) in [6.45, 7) is 8.48. The number of aromatic nitrogens is 2. The highest BCUT2D eigenvalue weighted by Gasteiger charge is 2.43. The van der Waals surface area contributed by atoms with Crippen molar-refractivity contribution in [1.29, 1.82) is 0 Å². The van der Waals surface area contributed by atoms with Gasteiger partial charge in [0.2, 0.25) is 5.91 Å². The number of H-pyrrole nitrogens is 1. The standard InChI is InChI=1S/C27H36FN5O2/c1-5-6-22(26-20-13-18-12-19(18)14-24(20)30-31-26)29-23-15-25(21(28)11-16(23)2)32(4)27(34)17(3)33-7-9-35-10-8-33/h11,15,17-19H,5-10,12-14H2,1-4H3,(H,30,31). The molecule has 1 saturated carbocycles. The molecule has 1 aliphatic heterocycles. The molecule has 188 valence electrons. The van der Waals surface area contributed by atoms with Crippen LogP contribution in [0.5, 0.6) is 0 Å². The number of aryl methyl sites for hydroxylation is 1. The third-order valence-corrected chi connectivity index (χ3v) is 7.88. The zero-order valence-corrected chi connectivity index (χ0v) is 21.2. The number of anilines is 1. The first-order valence-electron chi connectivity index (χ1n) is 12.9. The summed E-state index contributed by atoms with van der Waals surface area (Å²) in [5.74, 6) is 1.05. The minimum atomic E-state index is -0.416. The molecule has 0 spiro atoms. The number of ether oxygens (including phenoxy) is 1. The lowest BCUT2D eigenvalue weighted by atomic mass is 9.93. The van der Waals surface area contributed by atoms with Gasteiger partial charge in [-0.1, -0.05) is 13.3 Å². The van der Waals surface area contributed by atoms with Crippen molar-refractivity contribution in [3.8, 4) is 0 Å². The van der Waals surface area contributed by atoms with Crippen LogP contribution in [0.25, 0.3) is 0 Å². The van der Waals surface area contributed by atoms with Crippen molar-refractivity contribution in [3.05, 3.63) is 40.5 Å². The number of nitrogens with one attached hydrogen (secondary N) is 1. The van der Waals surface area contributed by atoms with Gasteiger partial charge < -0.3 is 9.64 Å². The lowest BCUT2D eigenvalue weighted by Crippen LogP contribution is -2.50. The SMILES string of the molecule is CCCC(=Nc1cc(N(C)C(=O)C(C)N2CCOCC2)c(F)cc1C)c1n[nH]c2c1CC1CC1C2. The van der Waals surface area contributed by atoms with Crippen molar-refractivity contribution in [1.82, 2.24) is 15.1 Å². The first kappa shape index (κ1) is 24.1. The summed E-state index contributed by atoms with van der Waals surface area (Å²) in [5, 5.41) is 7.93. The summed E-state index contributed by atoms with van der Waals surface area (Å²) in [4.78, 5) is 21.8. The average Bonchev–Trinajstić information content (AvgIpc) is 3.51. The molecular weight excluding hydrogens is 445 g/mol. The van der Waals surface area contributed by atoms with E-state index in [1.54, 1.807) is 13.1 Å². The van der Waals surface area contributed by atoms with Gasteiger partial charge in [0.05, 0.1) is 36.3 Å². The molecule has 0 bridgehead atoms. The summed E-state index contributed by atoms with van der Waals surface area (Å²) < 4.78 is 20.5. The molecule has 3 aliphatic rings. The second-order valence-electron chi connectivity index (χ2n) is 10.3. The van der Waals surface area contributed by atoms with Crippen LogP contribution >= 0.6 is 0 Å². The summed E-state index contributed by atoms with van der Waals surface area (Å²) in [7, 11) is 1.64. The van der Waals surface area contributed by atoms with Crippen molar-refractivity contribution >= 4 is 23.0 Å². The minimum Gasteiger partial charge on any atom is -0.379 e. The van der Waals surface area contributed by atoms with Crippen LogP contribution in [-0.4, -0.2) is 66.1 Å². The molecule has 5 rings (SSSR count). The number of carbonyl (C=O) groups is 1. The molecule has 35 heavy (non-hydrogen) atoms. The Morgan fingerprint density at radius 3 is 2.80 bits per heavy atom. The minimum absolute atomic E-state index is 0.140. The highest BCUT2D eigenvalue weighted by atomic mass is 19.1. The van der Waals surface area contributed by atoms with Crippen molar-refractivity contribution in [2.75, 3.05) is 38.3 Å². The monoisotopic (exact) mass is 481 g/mol. The van der Waals surface area contributed by atoms with E-state index in [0.717, 1.165) is 54.5 Å². The largest absolute Gasteiger partial charge is 0.379 e. The van der Waals surface area contributed by atoms with E-state index in [1.165, 1.54) is 28.6 Å². The number of hydrogen-bond donors (Lipinski definition) is 1. The molecule has 2 heterocycles. The summed E-state index contributed by atoms with van der Waals surface area (Å²) in [6, 6.07) is 2.84. The molecule has 7 nitrogen and oxygen atoms in total. The topological polar surface area (TPSA) is 73.8 Å². The van der Waals surface area contributed by atoms with Crippen molar-refractivity contribution in [2.45, 2.75) is 58.9 Å². The number of carbonyl (C=O) groups excluding carboxylic acids is 1. The smallest absolute Gasteiger partial charge is 0.243 e. The molecular formula is C27H36FN5O2. The van der Waals surface area contributed by atoms with Gasteiger partial charge >= 0.3 is 0 Å². The van der Waals surface area contributed by atoms with Crippen LogP contribution in [0.15, 0.2) is 17.1 Å². The maximum absolute atomic E-state index is 15.1. The highest BCUT2D eigenvalue weighted by Crippen LogP contribution is 2.48. The predicted octanol–water partition coefficient (Wildman–Crippen LogP) is 4.20. The molecule has 2 aliphatic carbocycles. The van der Waals surface area contributed by atoms with E-state index in [2.05, 4.69) is 22.0 Å². The van der Waals surface area contributed by atoms with E-state index in [1.807, 2.05) is 13.8 Å². The molecule has 1 amide bonds. The maximum Gasteiger partial charge on any atom is 0.243 e. The number of fused-ring (bicyclic) bond motifs is 2. The Kier molecular flexibility index (Phi) is 6.77. The van der Waals surface area contributed by atoms with Gasteiger partial charge in [-0.2, -0.15) is 5.10 Å². The Morgan fingerprint density at radius 2 is 2.06 bits per heavy atom.